The third kappa shape index (κ3) is 1.37. The fourth-order valence-electron chi connectivity index (χ4n) is 1.43. The maximum Gasteiger partial charge on any atom is -0.0188 e. The zero-order valence-electron chi connectivity index (χ0n) is 7.25. The third-order valence-electron chi connectivity index (χ3n) is 2.01. The standard InChI is InChI=1S/C13H9/c1-2-6-11-8-5-9-12-7-3-4-10-13(11)12/h3-5,7-10H,1H2/q-1. The van der Waals surface area contributed by atoms with Crippen LogP contribution in [0.15, 0.2) is 42.5 Å². The maximum atomic E-state index is 3.53. The minimum absolute atomic E-state index is 1.05. The molecule has 0 aliphatic rings. The van der Waals surface area contributed by atoms with Crippen LogP contribution in [0.2, 0.25) is 0 Å². The van der Waals surface area contributed by atoms with Crippen LogP contribution in [-0.4, -0.2) is 0 Å². The Hall–Kier alpha value is -1.87. The second kappa shape index (κ2) is 3.25. The average molecular weight is 165 g/mol. The Morgan fingerprint density at radius 2 is 1.69 bits per heavy atom. The summed E-state index contributed by atoms with van der Waals surface area (Å²) in [4.78, 5) is 0. The van der Waals surface area contributed by atoms with Crippen LogP contribution in [0.5, 0.6) is 0 Å². The van der Waals surface area contributed by atoms with Crippen LogP contribution in [0, 0.1) is 18.8 Å². The summed E-state index contributed by atoms with van der Waals surface area (Å²) < 4.78 is 0. The molecular weight excluding hydrogens is 156 g/mol. The van der Waals surface area contributed by atoms with Crippen molar-refractivity contribution in [2.75, 3.05) is 0 Å². The summed E-state index contributed by atoms with van der Waals surface area (Å²) in [5, 5.41) is 2.42. The molecule has 0 fully saturated rings. The van der Waals surface area contributed by atoms with Gasteiger partial charge in [-0.25, -0.2) is 0 Å². The van der Waals surface area contributed by atoms with Gasteiger partial charge in [0.15, 0.2) is 0 Å². The molecule has 0 saturated heterocycles. The highest BCUT2D eigenvalue weighted by atomic mass is 14.0. The Morgan fingerprint density at radius 1 is 0.923 bits per heavy atom. The molecule has 2 aromatic carbocycles. The van der Waals surface area contributed by atoms with Crippen LogP contribution in [0.1, 0.15) is 5.56 Å². The van der Waals surface area contributed by atoms with Crippen LogP contribution < -0.4 is 0 Å². The van der Waals surface area contributed by atoms with Gasteiger partial charge in [-0.1, -0.05) is 48.0 Å². The van der Waals surface area contributed by atoms with E-state index in [2.05, 4.69) is 37.0 Å². The summed E-state index contributed by atoms with van der Waals surface area (Å²) in [6, 6.07) is 14.3. The van der Waals surface area contributed by atoms with Crippen molar-refractivity contribution in [1.82, 2.24) is 0 Å². The van der Waals surface area contributed by atoms with Gasteiger partial charge in [-0.3, -0.25) is 11.8 Å². The summed E-state index contributed by atoms with van der Waals surface area (Å²) in [6.07, 6.45) is 0. The number of hydrogen-bond donors (Lipinski definition) is 0. The Labute approximate surface area is 78.2 Å². The largest absolute Gasteiger partial charge is 0.295 e. The molecule has 13 heavy (non-hydrogen) atoms. The predicted molar refractivity (Wildman–Crippen MR) is 56.2 cm³/mol. The zero-order valence-corrected chi connectivity index (χ0v) is 7.25. The Balaban J connectivity index is 2.80. The molecule has 2 aromatic rings. The Morgan fingerprint density at radius 3 is 2.54 bits per heavy atom. The van der Waals surface area contributed by atoms with E-state index in [1.165, 1.54) is 10.8 Å². The summed E-state index contributed by atoms with van der Waals surface area (Å²) in [5.74, 6) is 5.67. The molecule has 0 saturated carbocycles. The minimum atomic E-state index is 1.05. The monoisotopic (exact) mass is 165 g/mol. The van der Waals surface area contributed by atoms with Crippen molar-refractivity contribution in [2.45, 2.75) is 0 Å². The van der Waals surface area contributed by atoms with Crippen LogP contribution in [0.4, 0.5) is 0 Å². The van der Waals surface area contributed by atoms with E-state index in [1.54, 1.807) is 0 Å². The number of rotatable bonds is 0. The van der Waals surface area contributed by atoms with Crippen LogP contribution in [0.25, 0.3) is 10.8 Å². The van der Waals surface area contributed by atoms with Crippen molar-refractivity contribution in [3.8, 4) is 11.8 Å². The summed E-state index contributed by atoms with van der Waals surface area (Å²) in [7, 11) is 0. The molecule has 0 N–H and O–H groups in total. The summed E-state index contributed by atoms with van der Waals surface area (Å²) in [6.45, 7) is 3.53. The van der Waals surface area contributed by atoms with Gasteiger partial charge in [0.1, 0.15) is 0 Å². The first-order valence-electron chi connectivity index (χ1n) is 4.17. The molecule has 0 radical (unpaired) electrons. The van der Waals surface area contributed by atoms with Gasteiger partial charge >= 0.3 is 0 Å². The topological polar surface area (TPSA) is 0 Å². The van der Waals surface area contributed by atoms with E-state index < -0.39 is 0 Å². The SMILES string of the molecule is [CH2-]C#Cc1cccc2ccccc12. The van der Waals surface area contributed by atoms with Gasteiger partial charge in [-0.05, 0) is 10.8 Å². The van der Waals surface area contributed by atoms with Crippen molar-refractivity contribution >= 4 is 10.8 Å². The predicted octanol–water partition coefficient (Wildman–Crippen LogP) is 3.03. The average Bonchev–Trinajstić information content (AvgIpc) is 2.19. The first-order valence-corrected chi connectivity index (χ1v) is 4.17. The number of benzene rings is 2. The van der Waals surface area contributed by atoms with E-state index in [-0.39, 0.29) is 0 Å². The molecule has 2 rings (SSSR count). The van der Waals surface area contributed by atoms with Crippen LogP contribution >= 0.6 is 0 Å². The van der Waals surface area contributed by atoms with E-state index in [0.29, 0.717) is 0 Å². The van der Waals surface area contributed by atoms with Crippen molar-refractivity contribution in [1.29, 1.82) is 0 Å². The highest BCUT2D eigenvalue weighted by Gasteiger charge is 1.91. The van der Waals surface area contributed by atoms with Gasteiger partial charge in [-0.15, -0.1) is 0 Å². The van der Waals surface area contributed by atoms with Gasteiger partial charge in [0.2, 0.25) is 0 Å². The van der Waals surface area contributed by atoms with Gasteiger partial charge < -0.3 is 0 Å². The van der Waals surface area contributed by atoms with E-state index in [1.807, 2.05) is 24.3 Å². The molecule has 0 heterocycles. The molecule has 62 valence electrons. The van der Waals surface area contributed by atoms with E-state index >= 15 is 0 Å². The Kier molecular flexibility index (Phi) is 1.94. The Bertz CT molecular complexity index is 479. The van der Waals surface area contributed by atoms with Gasteiger partial charge in [0.05, 0.1) is 0 Å². The molecule has 0 atom stereocenters. The number of fused-ring (bicyclic) bond motifs is 1. The first-order chi connectivity index (χ1) is 6.42. The summed E-state index contributed by atoms with van der Waals surface area (Å²) >= 11 is 0. The van der Waals surface area contributed by atoms with Gasteiger partial charge in [0, 0.05) is 0 Å². The fraction of sp³-hybridized carbons (Fsp3) is 0. The quantitative estimate of drug-likeness (QED) is 0.416. The number of hydrogen-bond acceptors (Lipinski definition) is 0. The van der Waals surface area contributed by atoms with E-state index in [9.17, 15) is 0 Å². The third-order valence-corrected chi connectivity index (χ3v) is 2.01. The lowest BCUT2D eigenvalue weighted by molar-refractivity contribution is 1.70. The lowest BCUT2D eigenvalue weighted by atomic mass is 10.1. The highest BCUT2D eigenvalue weighted by molar-refractivity contribution is 5.88. The molecule has 0 aliphatic heterocycles. The summed E-state index contributed by atoms with van der Waals surface area (Å²) in [5.41, 5.74) is 1.05. The van der Waals surface area contributed by atoms with Crippen molar-refractivity contribution in [2.24, 2.45) is 0 Å². The second-order valence-electron chi connectivity index (χ2n) is 2.83. The normalized spacial score (nSPS) is 9.23. The van der Waals surface area contributed by atoms with Crippen molar-refractivity contribution in [3.63, 3.8) is 0 Å². The minimum Gasteiger partial charge on any atom is -0.295 e. The van der Waals surface area contributed by atoms with Crippen molar-refractivity contribution in [3.05, 3.63) is 55.0 Å². The maximum absolute atomic E-state index is 3.53. The van der Waals surface area contributed by atoms with Crippen LogP contribution in [0.3, 0.4) is 0 Å². The molecule has 0 amide bonds. The smallest absolute Gasteiger partial charge is 0.0188 e. The molecule has 0 bridgehead atoms. The first kappa shape index (κ1) is 7.76. The lowest BCUT2D eigenvalue weighted by Crippen LogP contribution is -1.77. The molecule has 0 aliphatic carbocycles. The lowest BCUT2D eigenvalue weighted by Gasteiger charge is -2.03. The molecule has 0 nitrogen and oxygen atoms in total. The zero-order chi connectivity index (χ0) is 9.10. The molecule has 0 spiro atoms. The van der Waals surface area contributed by atoms with E-state index in [0.717, 1.165) is 5.56 Å². The molecule has 0 unspecified atom stereocenters. The second-order valence-corrected chi connectivity index (χ2v) is 2.83. The van der Waals surface area contributed by atoms with Crippen LogP contribution in [-0.2, 0) is 0 Å². The van der Waals surface area contributed by atoms with Gasteiger partial charge in [-0.2, -0.15) is 6.92 Å². The van der Waals surface area contributed by atoms with Gasteiger partial charge in [0.25, 0.3) is 0 Å². The van der Waals surface area contributed by atoms with E-state index in [4.69, 9.17) is 0 Å². The van der Waals surface area contributed by atoms with Crippen molar-refractivity contribution < 1.29 is 0 Å². The highest BCUT2D eigenvalue weighted by Crippen LogP contribution is 2.17. The molecular formula is C13H9-. The fourth-order valence-corrected chi connectivity index (χ4v) is 1.43. The molecule has 0 aromatic heterocycles. The molecule has 0 heteroatoms.